The molecule has 0 spiro atoms. The molecular weight excluding hydrogens is 330 g/mol. The number of thiazole rings is 1. The van der Waals surface area contributed by atoms with Crippen molar-refractivity contribution < 1.29 is 5.11 Å². The molecule has 0 saturated carbocycles. The van der Waals surface area contributed by atoms with Crippen molar-refractivity contribution in [2.75, 3.05) is 0 Å². The zero-order valence-corrected chi connectivity index (χ0v) is 13.8. The fourth-order valence-corrected chi connectivity index (χ4v) is 4.75. The molecule has 2 nitrogen and oxygen atoms in total. The highest BCUT2D eigenvalue weighted by atomic mass is 32.1. The van der Waals surface area contributed by atoms with Gasteiger partial charge < -0.3 is 5.11 Å². The highest BCUT2D eigenvalue weighted by Crippen LogP contribution is 2.33. The normalized spacial score (nSPS) is 11.6. The molecule has 5 heteroatoms. The molecule has 22 heavy (non-hydrogen) atoms. The SMILES string of the molecule is Oc1ccc2sc(/C=C/c3ccc(-c4cccs4)s3)nc2c1. The third-order valence-corrected chi connectivity index (χ3v) is 6.29. The first-order valence-corrected chi connectivity index (χ1v) is 9.20. The Labute approximate surface area is 139 Å². The van der Waals surface area contributed by atoms with E-state index in [0.717, 1.165) is 15.2 Å². The number of benzene rings is 1. The molecule has 3 heterocycles. The maximum Gasteiger partial charge on any atom is 0.117 e. The first kappa shape index (κ1) is 13.7. The van der Waals surface area contributed by atoms with E-state index < -0.39 is 0 Å². The predicted molar refractivity (Wildman–Crippen MR) is 97.8 cm³/mol. The molecule has 1 N–H and O–H groups in total. The fraction of sp³-hybridized carbons (Fsp3) is 0. The van der Waals surface area contributed by atoms with Crippen molar-refractivity contribution in [2.24, 2.45) is 0 Å². The van der Waals surface area contributed by atoms with Crippen LogP contribution >= 0.6 is 34.0 Å². The molecule has 0 bridgehead atoms. The van der Waals surface area contributed by atoms with Crippen LogP contribution in [0.25, 0.3) is 32.1 Å². The van der Waals surface area contributed by atoms with Gasteiger partial charge in [0.2, 0.25) is 0 Å². The Bertz CT molecular complexity index is 948. The molecule has 4 rings (SSSR count). The zero-order chi connectivity index (χ0) is 14.9. The van der Waals surface area contributed by atoms with E-state index in [-0.39, 0.29) is 5.75 Å². The molecule has 1 aromatic carbocycles. The van der Waals surface area contributed by atoms with E-state index in [4.69, 9.17) is 0 Å². The maximum absolute atomic E-state index is 9.49. The number of hydrogen-bond acceptors (Lipinski definition) is 5. The van der Waals surface area contributed by atoms with Gasteiger partial charge in [-0.1, -0.05) is 6.07 Å². The van der Waals surface area contributed by atoms with Gasteiger partial charge in [0.15, 0.2) is 0 Å². The minimum Gasteiger partial charge on any atom is -0.508 e. The molecule has 4 aromatic rings. The monoisotopic (exact) mass is 341 g/mol. The number of aromatic hydroxyl groups is 1. The molecule has 0 aliphatic heterocycles. The summed E-state index contributed by atoms with van der Waals surface area (Å²) in [7, 11) is 0. The number of nitrogens with zero attached hydrogens (tertiary/aromatic N) is 1. The number of thiophene rings is 2. The van der Waals surface area contributed by atoms with E-state index in [9.17, 15) is 5.11 Å². The Morgan fingerprint density at radius 1 is 0.955 bits per heavy atom. The molecule has 0 aliphatic rings. The van der Waals surface area contributed by atoms with Crippen molar-refractivity contribution in [3.8, 4) is 15.5 Å². The van der Waals surface area contributed by atoms with Gasteiger partial charge in [0.1, 0.15) is 10.8 Å². The maximum atomic E-state index is 9.49. The van der Waals surface area contributed by atoms with E-state index in [0.29, 0.717) is 0 Å². The number of hydrogen-bond donors (Lipinski definition) is 1. The lowest BCUT2D eigenvalue weighted by Gasteiger charge is -1.88. The summed E-state index contributed by atoms with van der Waals surface area (Å²) < 4.78 is 1.09. The quantitative estimate of drug-likeness (QED) is 0.498. The predicted octanol–water partition coefficient (Wildman–Crippen LogP) is 5.96. The van der Waals surface area contributed by atoms with Gasteiger partial charge in [-0.15, -0.1) is 34.0 Å². The van der Waals surface area contributed by atoms with Crippen LogP contribution in [0.2, 0.25) is 0 Å². The Kier molecular flexibility index (Phi) is 3.54. The Morgan fingerprint density at radius 2 is 1.91 bits per heavy atom. The third kappa shape index (κ3) is 2.70. The van der Waals surface area contributed by atoms with Crippen molar-refractivity contribution in [1.82, 2.24) is 4.98 Å². The van der Waals surface area contributed by atoms with Crippen LogP contribution in [0.3, 0.4) is 0 Å². The van der Waals surface area contributed by atoms with Crippen LogP contribution < -0.4 is 0 Å². The summed E-state index contributed by atoms with van der Waals surface area (Å²) in [6, 6.07) is 13.8. The second-order valence-electron chi connectivity index (χ2n) is 4.72. The molecule has 0 aliphatic carbocycles. The second kappa shape index (κ2) is 5.68. The van der Waals surface area contributed by atoms with Crippen molar-refractivity contribution >= 4 is 56.4 Å². The Morgan fingerprint density at radius 3 is 2.77 bits per heavy atom. The van der Waals surface area contributed by atoms with Gasteiger partial charge >= 0.3 is 0 Å². The summed E-state index contributed by atoms with van der Waals surface area (Å²) in [6.45, 7) is 0. The van der Waals surface area contributed by atoms with Gasteiger partial charge in [-0.2, -0.15) is 0 Å². The lowest BCUT2D eigenvalue weighted by Crippen LogP contribution is -1.69. The molecule has 0 saturated heterocycles. The molecule has 0 amide bonds. The molecule has 0 atom stereocenters. The molecule has 0 fully saturated rings. The Balaban J connectivity index is 1.60. The second-order valence-corrected chi connectivity index (χ2v) is 7.84. The summed E-state index contributed by atoms with van der Waals surface area (Å²) in [5.41, 5.74) is 0.843. The zero-order valence-electron chi connectivity index (χ0n) is 11.4. The fourth-order valence-electron chi connectivity index (χ4n) is 2.15. The smallest absolute Gasteiger partial charge is 0.117 e. The lowest BCUT2D eigenvalue weighted by atomic mass is 10.3. The Hall–Kier alpha value is -1.95. The lowest BCUT2D eigenvalue weighted by molar-refractivity contribution is 0.476. The number of fused-ring (bicyclic) bond motifs is 1. The summed E-state index contributed by atoms with van der Waals surface area (Å²) in [5.74, 6) is 0.257. The largest absolute Gasteiger partial charge is 0.508 e. The van der Waals surface area contributed by atoms with Crippen molar-refractivity contribution in [3.05, 3.63) is 57.7 Å². The van der Waals surface area contributed by atoms with Crippen LogP contribution in [0.5, 0.6) is 5.75 Å². The van der Waals surface area contributed by atoms with E-state index in [1.54, 1.807) is 46.1 Å². The first-order chi connectivity index (χ1) is 10.8. The van der Waals surface area contributed by atoms with Gasteiger partial charge in [0.05, 0.1) is 10.2 Å². The van der Waals surface area contributed by atoms with E-state index >= 15 is 0 Å². The minimum atomic E-state index is 0.257. The molecule has 3 aromatic heterocycles. The van der Waals surface area contributed by atoms with Crippen LogP contribution in [0.15, 0.2) is 47.8 Å². The molecular formula is C17H11NOS3. The standard InChI is InChI=1S/C17H11NOS3/c19-11-3-6-14-13(10-11)18-17(22-14)8-5-12-4-7-16(21-12)15-2-1-9-20-15/h1-10,19H/b8-5+. The van der Waals surface area contributed by atoms with Crippen LogP contribution in [-0.4, -0.2) is 10.1 Å². The van der Waals surface area contributed by atoms with Gasteiger partial charge in [-0.25, -0.2) is 4.98 Å². The van der Waals surface area contributed by atoms with Gasteiger partial charge in [-0.3, -0.25) is 0 Å². The van der Waals surface area contributed by atoms with E-state index in [1.807, 2.05) is 12.1 Å². The molecule has 108 valence electrons. The average molecular weight is 341 g/mol. The summed E-state index contributed by atoms with van der Waals surface area (Å²) in [5, 5.41) is 12.5. The number of phenols is 1. The van der Waals surface area contributed by atoms with E-state index in [1.165, 1.54) is 14.6 Å². The highest BCUT2D eigenvalue weighted by molar-refractivity contribution is 7.22. The van der Waals surface area contributed by atoms with Gasteiger partial charge in [0.25, 0.3) is 0 Å². The van der Waals surface area contributed by atoms with Crippen molar-refractivity contribution in [2.45, 2.75) is 0 Å². The van der Waals surface area contributed by atoms with Crippen molar-refractivity contribution in [1.29, 1.82) is 0 Å². The highest BCUT2D eigenvalue weighted by Gasteiger charge is 2.04. The first-order valence-electron chi connectivity index (χ1n) is 6.69. The van der Waals surface area contributed by atoms with Crippen LogP contribution in [0.1, 0.15) is 9.88 Å². The van der Waals surface area contributed by atoms with Crippen molar-refractivity contribution in [3.63, 3.8) is 0 Å². The average Bonchev–Trinajstić information content (AvgIpc) is 3.24. The number of aromatic nitrogens is 1. The molecule has 0 unspecified atom stereocenters. The minimum absolute atomic E-state index is 0.257. The molecule has 0 radical (unpaired) electrons. The van der Waals surface area contributed by atoms with Gasteiger partial charge in [0, 0.05) is 20.7 Å². The van der Waals surface area contributed by atoms with Crippen LogP contribution in [-0.2, 0) is 0 Å². The number of rotatable bonds is 3. The van der Waals surface area contributed by atoms with E-state index in [2.05, 4.69) is 40.7 Å². The third-order valence-electron chi connectivity index (χ3n) is 3.17. The van der Waals surface area contributed by atoms with Gasteiger partial charge in [-0.05, 0) is 47.9 Å². The summed E-state index contributed by atoms with van der Waals surface area (Å²) in [6.07, 6.45) is 4.13. The van der Waals surface area contributed by atoms with Crippen LogP contribution in [0.4, 0.5) is 0 Å². The topological polar surface area (TPSA) is 33.1 Å². The number of phenolic OH excluding ortho intramolecular Hbond substituents is 1. The summed E-state index contributed by atoms with van der Waals surface area (Å²) >= 11 is 5.17. The van der Waals surface area contributed by atoms with Crippen LogP contribution in [0, 0.1) is 0 Å². The summed E-state index contributed by atoms with van der Waals surface area (Å²) in [4.78, 5) is 8.34.